The lowest BCUT2D eigenvalue weighted by molar-refractivity contribution is 0.877. The molecule has 0 saturated heterocycles. The van der Waals surface area contributed by atoms with Crippen molar-refractivity contribution in [2.24, 2.45) is 0 Å². The van der Waals surface area contributed by atoms with E-state index in [9.17, 15) is 0 Å². The fourth-order valence-electron chi connectivity index (χ4n) is 1.73. The lowest BCUT2D eigenvalue weighted by Crippen LogP contribution is -2.18. The molecule has 2 aromatic rings. The summed E-state index contributed by atoms with van der Waals surface area (Å²) < 4.78 is 0. The zero-order valence-corrected chi connectivity index (χ0v) is 10.0. The summed E-state index contributed by atoms with van der Waals surface area (Å²) in [4.78, 5) is 9.94. The molecule has 0 spiro atoms. The van der Waals surface area contributed by atoms with Crippen molar-refractivity contribution in [2.75, 3.05) is 17.7 Å². The van der Waals surface area contributed by atoms with Gasteiger partial charge in [0.1, 0.15) is 6.07 Å². The summed E-state index contributed by atoms with van der Waals surface area (Å²) in [6.07, 6.45) is 1.63. The molecule has 0 aliphatic carbocycles. The van der Waals surface area contributed by atoms with Gasteiger partial charge in [-0.1, -0.05) is 12.1 Å². The normalized spacial score (nSPS) is 9.78. The molecule has 18 heavy (non-hydrogen) atoms. The molecular weight excluding hydrogens is 226 g/mol. The van der Waals surface area contributed by atoms with Crippen LogP contribution in [0.5, 0.6) is 0 Å². The topological polar surface area (TPSA) is 78.8 Å². The fourth-order valence-corrected chi connectivity index (χ4v) is 1.73. The second-order valence-corrected chi connectivity index (χ2v) is 3.89. The summed E-state index contributed by atoms with van der Waals surface area (Å²) in [6.45, 7) is 0.575. The molecule has 0 atom stereocenters. The van der Waals surface area contributed by atoms with Gasteiger partial charge in [0, 0.05) is 13.2 Å². The van der Waals surface area contributed by atoms with Gasteiger partial charge in [-0.05, 0) is 18.2 Å². The maximum absolute atomic E-state index is 9.06. The smallest absolute Gasteiger partial charge is 0.220 e. The van der Waals surface area contributed by atoms with Gasteiger partial charge in [-0.3, -0.25) is 0 Å². The first kappa shape index (κ1) is 11.9. The summed E-state index contributed by atoms with van der Waals surface area (Å²) >= 11 is 0. The van der Waals surface area contributed by atoms with E-state index < -0.39 is 0 Å². The first-order valence-corrected chi connectivity index (χ1v) is 5.48. The van der Waals surface area contributed by atoms with E-state index in [1.807, 2.05) is 36.2 Å². The minimum Gasteiger partial charge on any atom is -0.368 e. The lowest BCUT2D eigenvalue weighted by Gasteiger charge is -2.19. The van der Waals surface area contributed by atoms with Crippen LogP contribution >= 0.6 is 0 Å². The van der Waals surface area contributed by atoms with E-state index in [0.29, 0.717) is 12.1 Å². The van der Waals surface area contributed by atoms with Crippen molar-refractivity contribution in [3.8, 4) is 6.07 Å². The molecule has 0 radical (unpaired) electrons. The second-order valence-electron chi connectivity index (χ2n) is 3.89. The largest absolute Gasteiger partial charge is 0.368 e. The quantitative estimate of drug-likeness (QED) is 0.879. The molecule has 5 heteroatoms. The van der Waals surface area contributed by atoms with E-state index in [4.69, 9.17) is 11.0 Å². The Kier molecular flexibility index (Phi) is 3.39. The van der Waals surface area contributed by atoms with Crippen molar-refractivity contribution in [3.05, 3.63) is 47.8 Å². The highest BCUT2D eigenvalue weighted by Gasteiger charge is 2.07. The standard InChI is InChI=1S/C13H13N5/c1-18(9-11-6-7-16-13(15)17-11)12-5-3-2-4-10(12)8-14/h2-7H,9H2,1H3,(H2,15,16,17). The summed E-state index contributed by atoms with van der Waals surface area (Å²) in [7, 11) is 1.91. The van der Waals surface area contributed by atoms with Crippen LogP contribution in [-0.4, -0.2) is 17.0 Å². The van der Waals surface area contributed by atoms with Gasteiger partial charge in [-0.25, -0.2) is 9.97 Å². The Morgan fingerprint density at radius 1 is 1.33 bits per heavy atom. The molecule has 5 nitrogen and oxygen atoms in total. The van der Waals surface area contributed by atoms with E-state index in [1.54, 1.807) is 12.3 Å². The predicted octanol–water partition coefficient (Wildman–Crippen LogP) is 1.57. The molecule has 0 amide bonds. The highest BCUT2D eigenvalue weighted by atomic mass is 15.1. The van der Waals surface area contributed by atoms with Gasteiger partial charge < -0.3 is 10.6 Å². The zero-order valence-electron chi connectivity index (χ0n) is 10.0. The van der Waals surface area contributed by atoms with Crippen LogP contribution in [0, 0.1) is 11.3 Å². The molecule has 0 bridgehead atoms. The molecular formula is C13H13N5. The maximum atomic E-state index is 9.06. The Morgan fingerprint density at radius 2 is 2.11 bits per heavy atom. The summed E-state index contributed by atoms with van der Waals surface area (Å²) in [5.41, 5.74) is 7.87. The summed E-state index contributed by atoms with van der Waals surface area (Å²) in [5, 5.41) is 9.06. The monoisotopic (exact) mass is 239 g/mol. The van der Waals surface area contributed by atoms with Gasteiger partial charge >= 0.3 is 0 Å². The average molecular weight is 239 g/mol. The molecule has 0 fully saturated rings. The molecule has 1 aromatic carbocycles. The van der Waals surface area contributed by atoms with E-state index in [1.165, 1.54) is 0 Å². The Morgan fingerprint density at radius 3 is 2.83 bits per heavy atom. The third kappa shape index (κ3) is 2.55. The van der Waals surface area contributed by atoms with Crippen molar-refractivity contribution < 1.29 is 0 Å². The van der Waals surface area contributed by atoms with E-state index in [0.717, 1.165) is 11.4 Å². The van der Waals surface area contributed by atoms with Crippen LogP contribution in [0.15, 0.2) is 36.5 Å². The van der Waals surface area contributed by atoms with Crippen LogP contribution in [0.3, 0.4) is 0 Å². The average Bonchev–Trinajstić information content (AvgIpc) is 2.38. The summed E-state index contributed by atoms with van der Waals surface area (Å²) in [5.74, 6) is 0.259. The Hall–Kier alpha value is -2.61. The fraction of sp³-hybridized carbons (Fsp3) is 0.154. The van der Waals surface area contributed by atoms with Crippen molar-refractivity contribution in [2.45, 2.75) is 6.54 Å². The Balaban J connectivity index is 2.22. The number of hydrogen-bond donors (Lipinski definition) is 1. The number of nitriles is 1. The molecule has 2 rings (SSSR count). The van der Waals surface area contributed by atoms with Gasteiger partial charge in [0.2, 0.25) is 5.95 Å². The van der Waals surface area contributed by atoms with E-state index in [-0.39, 0.29) is 5.95 Å². The molecule has 2 N–H and O–H groups in total. The molecule has 90 valence electrons. The number of para-hydroxylation sites is 1. The highest BCUT2D eigenvalue weighted by Crippen LogP contribution is 2.19. The number of nitrogens with zero attached hydrogens (tertiary/aromatic N) is 4. The lowest BCUT2D eigenvalue weighted by atomic mass is 10.2. The highest BCUT2D eigenvalue weighted by molar-refractivity contribution is 5.58. The van der Waals surface area contributed by atoms with Crippen LogP contribution < -0.4 is 10.6 Å². The van der Waals surface area contributed by atoms with Crippen LogP contribution in [0.2, 0.25) is 0 Å². The number of anilines is 2. The van der Waals surface area contributed by atoms with E-state index >= 15 is 0 Å². The first-order valence-electron chi connectivity index (χ1n) is 5.48. The second kappa shape index (κ2) is 5.15. The molecule has 1 aromatic heterocycles. The maximum Gasteiger partial charge on any atom is 0.220 e. The minimum atomic E-state index is 0.259. The Bertz CT molecular complexity index is 588. The van der Waals surface area contributed by atoms with Crippen LogP contribution in [0.25, 0.3) is 0 Å². The molecule has 0 aliphatic heterocycles. The SMILES string of the molecule is CN(Cc1ccnc(N)n1)c1ccccc1C#N. The number of rotatable bonds is 3. The van der Waals surface area contributed by atoms with Crippen molar-refractivity contribution in [1.29, 1.82) is 5.26 Å². The number of nitrogens with two attached hydrogens (primary N) is 1. The molecule has 0 saturated carbocycles. The van der Waals surface area contributed by atoms with Gasteiger partial charge in [-0.2, -0.15) is 5.26 Å². The van der Waals surface area contributed by atoms with Crippen molar-refractivity contribution in [3.63, 3.8) is 0 Å². The van der Waals surface area contributed by atoms with Gasteiger partial charge in [0.05, 0.1) is 23.5 Å². The van der Waals surface area contributed by atoms with Gasteiger partial charge in [0.25, 0.3) is 0 Å². The van der Waals surface area contributed by atoms with Crippen molar-refractivity contribution >= 4 is 11.6 Å². The number of hydrogen-bond acceptors (Lipinski definition) is 5. The van der Waals surface area contributed by atoms with Crippen LogP contribution in [0.4, 0.5) is 11.6 Å². The third-order valence-corrected chi connectivity index (χ3v) is 2.57. The minimum absolute atomic E-state index is 0.259. The number of benzene rings is 1. The van der Waals surface area contributed by atoms with E-state index in [2.05, 4.69) is 16.0 Å². The van der Waals surface area contributed by atoms with Crippen molar-refractivity contribution in [1.82, 2.24) is 9.97 Å². The van der Waals surface area contributed by atoms with Crippen LogP contribution in [-0.2, 0) is 6.54 Å². The zero-order chi connectivity index (χ0) is 13.0. The van der Waals surface area contributed by atoms with Gasteiger partial charge in [-0.15, -0.1) is 0 Å². The number of nitrogen functional groups attached to an aromatic ring is 1. The molecule has 0 unspecified atom stereocenters. The first-order chi connectivity index (χ1) is 8.70. The van der Waals surface area contributed by atoms with Crippen LogP contribution in [0.1, 0.15) is 11.3 Å². The Labute approximate surface area is 106 Å². The third-order valence-electron chi connectivity index (χ3n) is 2.57. The molecule has 0 aliphatic rings. The predicted molar refractivity (Wildman–Crippen MR) is 69.7 cm³/mol. The number of aromatic nitrogens is 2. The molecule has 1 heterocycles. The van der Waals surface area contributed by atoms with Gasteiger partial charge in [0.15, 0.2) is 0 Å². The summed E-state index contributed by atoms with van der Waals surface area (Å²) in [6, 6.07) is 11.4.